The summed E-state index contributed by atoms with van der Waals surface area (Å²) in [6.07, 6.45) is 4.01. The van der Waals surface area contributed by atoms with Crippen LogP contribution in [0.1, 0.15) is 33.6 Å². The van der Waals surface area contributed by atoms with Crippen molar-refractivity contribution in [1.29, 1.82) is 0 Å². The summed E-state index contributed by atoms with van der Waals surface area (Å²) in [5.41, 5.74) is 0. The Hall–Kier alpha value is -1.36. The molecule has 1 fully saturated rings. The van der Waals surface area contributed by atoms with Gasteiger partial charge in [0.1, 0.15) is 18.0 Å². The zero-order valence-electron chi connectivity index (χ0n) is 13.8. The highest BCUT2D eigenvalue weighted by Gasteiger charge is 2.18. The Labute approximate surface area is 129 Å². The molecule has 5 nitrogen and oxygen atoms in total. The van der Waals surface area contributed by atoms with Crippen molar-refractivity contribution in [2.45, 2.75) is 33.6 Å². The van der Waals surface area contributed by atoms with Gasteiger partial charge in [0.25, 0.3) is 0 Å². The maximum atomic E-state index is 4.49. The van der Waals surface area contributed by atoms with Crippen molar-refractivity contribution in [3.05, 3.63) is 12.4 Å². The van der Waals surface area contributed by atoms with E-state index in [0.717, 1.165) is 70.3 Å². The molecule has 0 aliphatic carbocycles. The molecule has 118 valence electrons. The molecule has 1 aromatic rings. The van der Waals surface area contributed by atoms with Crippen molar-refractivity contribution in [3.63, 3.8) is 0 Å². The van der Waals surface area contributed by atoms with E-state index in [2.05, 4.69) is 51.5 Å². The summed E-state index contributed by atoms with van der Waals surface area (Å²) in [5, 5.41) is 0. The number of likely N-dealkylation sites (N-methyl/N-ethyl adjacent to an activating group) is 1. The van der Waals surface area contributed by atoms with Crippen molar-refractivity contribution in [3.8, 4) is 0 Å². The molecular weight excluding hydrogens is 262 g/mol. The minimum atomic E-state index is 1.06. The van der Waals surface area contributed by atoms with E-state index in [1.807, 2.05) is 0 Å². The van der Waals surface area contributed by atoms with E-state index in [0.29, 0.717) is 0 Å². The Morgan fingerprint density at radius 2 is 1.67 bits per heavy atom. The van der Waals surface area contributed by atoms with Crippen LogP contribution in [0.2, 0.25) is 0 Å². The van der Waals surface area contributed by atoms with Gasteiger partial charge in [0.15, 0.2) is 0 Å². The normalized spacial score (nSPS) is 16.2. The standard InChI is InChI=1S/C16H29N5/c1-4-7-20(8-5-2)15-13-16(18-14-17-15)21-11-9-19(6-3)10-12-21/h13-14H,4-12H2,1-3H3. The summed E-state index contributed by atoms with van der Waals surface area (Å²) in [5.74, 6) is 2.15. The van der Waals surface area contributed by atoms with Crippen LogP contribution in [0.25, 0.3) is 0 Å². The fourth-order valence-electron chi connectivity index (χ4n) is 2.86. The van der Waals surface area contributed by atoms with Gasteiger partial charge in [0, 0.05) is 45.3 Å². The van der Waals surface area contributed by atoms with Crippen LogP contribution >= 0.6 is 0 Å². The van der Waals surface area contributed by atoms with Gasteiger partial charge in [0.05, 0.1) is 0 Å². The van der Waals surface area contributed by atoms with Crippen LogP contribution in [0.15, 0.2) is 12.4 Å². The lowest BCUT2D eigenvalue weighted by Crippen LogP contribution is -2.46. The molecule has 0 spiro atoms. The third-order valence-electron chi connectivity index (χ3n) is 4.09. The quantitative estimate of drug-likeness (QED) is 0.770. The third-order valence-corrected chi connectivity index (χ3v) is 4.09. The summed E-state index contributed by atoms with van der Waals surface area (Å²) in [6, 6.07) is 2.16. The Kier molecular flexibility index (Phi) is 6.23. The number of rotatable bonds is 7. The summed E-state index contributed by atoms with van der Waals surface area (Å²) in [7, 11) is 0. The van der Waals surface area contributed by atoms with Gasteiger partial charge in [-0.25, -0.2) is 9.97 Å². The number of nitrogens with zero attached hydrogens (tertiary/aromatic N) is 5. The Bertz CT molecular complexity index is 409. The number of hydrogen-bond donors (Lipinski definition) is 0. The average molecular weight is 291 g/mol. The maximum Gasteiger partial charge on any atom is 0.134 e. The molecule has 0 aromatic carbocycles. The second kappa shape index (κ2) is 8.17. The highest BCUT2D eigenvalue weighted by molar-refractivity contribution is 5.50. The van der Waals surface area contributed by atoms with Crippen LogP contribution < -0.4 is 9.80 Å². The molecule has 0 radical (unpaired) electrons. The topological polar surface area (TPSA) is 35.5 Å². The number of anilines is 2. The summed E-state index contributed by atoms with van der Waals surface area (Å²) in [6.45, 7) is 14.3. The first-order valence-corrected chi connectivity index (χ1v) is 8.32. The fraction of sp³-hybridized carbons (Fsp3) is 0.750. The van der Waals surface area contributed by atoms with Crippen LogP contribution in [-0.4, -0.2) is 60.7 Å². The summed E-state index contributed by atoms with van der Waals surface area (Å²) >= 11 is 0. The molecule has 0 saturated carbocycles. The van der Waals surface area contributed by atoms with Gasteiger partial charge in [0.2, 0.25) is 0 Å². The van der Waals surface area contributed by atoms with E-state index in [9.17, 15) is 0 Å². The van der Waals surface area contributed by atoms with Crippen LogP contribution in [0.4, 0.5) is 11.6 Å². The lowest BCUT2D eigenvalue weighted by molar-refractivity contribution is 0.270. The monoisotopic (exact) mass is 291 g/mol. The highest BCUT2D eigenvalue weighted by Crippen LogP contribution is 2.19. The van der Waals surface area contributed by atoms with Crippen LogP contribution in [0.5, 0.6) is 0 Å². The van der Waals surface area contributed by atoms with Crippen molar-refractivity contribution in [1.82, 2.24) is 14.9 Å². The predicted octanol–water partition coefficient (Wildman–Crippen LogP) is 2.24. The molecule has 0 unspecified atom stereocenters. The zero-order chi connectivity index (χ0) is 15.1. The van der Waals surface area contributed by atoms with Gasteiger partial charge in [-0.05, 0) is 19.4 Å². The van der Waals surface area contributed by atoms with Gasteiger partial charge in [-0.1, -0.05) is 20.8 Å². The summed E-state index contributed by atoms with van der Waals surface area (Å²) < 4.78 is 0. The molecule has 0 N–H and O–H groups in total. The van der Waals surface area contributed by atoms with Crippen molar-refractivity contribution >= 4 is 11.6 Å². The number of hydrogen-bond acceptors (Lipinski definition) is 5. The van der Waals surface area contributed by atoms with Crippen molar-refractivity contribution in [2.75, 3.05) is 55.6 Å². The van der Waals surface area contributed by atoms with Gasteiger partial charge < -0.3 is 14.7 Å². The SMILES string of the molecule is CCCN(CCC)c1cc(N2CCN(CC)CC2)ncn1. The lowest BCUT2D eigenvalue weighted by atomic mass is 10.3. The Balaban J connectivity index is 2.06. The van der Waals surface area contributed by atoms with Crippen molar-refractivity contribution < 1.29 is 0 Å². The zero-order valence-corrected chi connectivity index (χ0v) is 13.8. The van der Waals surface area contributed by atoms with E-state index in [4.69, 9.17) is 0 Å². The minimum absolute atomic E-state index is 1.06. The first-order valence-electron chi connectivity index (χ1n) is 8.32. The lowest BCUT2D eigenvalue weighted by Gasteiger charge is -2.35. The number of piperazine rings is 1. The van der Waals surface area contributed by atoms with Crippen molar-refractivity contribution in [2.24, 2.45) is 0 Å². The first-order chi connectivity index (χ1) is 10.3. The molecule has 5 heteroatoms. The van der Waals surface area contributed by atoms with Crippen LogP contribution in [0, 0.1) is 0 Å². The minimum Gasteiger partial charge on any atom is -0.356 e. The van der Waals surface area contributed by atoms with Gasteiger partial charge in [-0.15, -0.1) is 0 Å². The molecule has 0 amide bonds. The molecular formula is C16H29N5. The second-order valence-electron chi connectivity index (χ2n) is 5.64. The van der Waals surface area contributed by atoms with Gasteiger partial charge in [-0.2, -0.15) is 0 Å². The molecule has 2 rings (SSSR count). The van der Waals surface area contributed by atoms with E-state index in [1.54, 1.807) is 6.33 Å². The number of aromatic nitrogens is 2. The first kappa shape index (κ1) is 16.0. The smallest absolute Gasteiger partial charge is 0.134 e. The molecule has 1 aliphatic heterocycles. The van der Waals surface area contributed by atoms with E-state index in [-0.39, 0.29) is 0 Å². The summed E-state index contributed by atoms with van der Waals surface area (Å²) in [4.78, 5) is 16.2. The molecule has 0 bridgehead atoms. The maximum absolute atomic E-state index is 4.49. The largest absolute Gasteiger partial charge is 0.356 e. The van der Waals surface area contributed by atoms with Gasteiger partial charge in [-0.3, -0.25) is 0 Å². The van der Waals surface area contributed by atoms with E-state index >= 15 is 0 Å². The second-order valence-corrected chi connectivity index (χ2v) is 5.64. The fourth-order valence-corrected chi connectivity index (χ4v) is 2.86. The van der Waals surface area contributed by atoms with Crippen LogP contribution in [0.3, 0.4) is 0 Å². The average Bonchev–Trinajstić information content (AvgIpc) is 2.55. The third kappa shape index (κ3) is 4.30. The Morgan fingerprint density at radius 1 is 1.00 bits per heavy atom. The van der Waals surface area contributed by atoms with E-state index in [1.165, 1.54) is 0 Å². The Morgan fingerprint density at radius 3 is 2.24 bits per heavy atom. The molecule has 0 atom stereocenters. The van der Waals surface area contributed by atoms with E-state index < -0.39 is 0 Å². The molecule has 1 aromatic heterocycles. The molecule has 1 aliphatic rings. The molecule has 21 heavy (non-hydrogen) atoms. The highest BCUT2D eigenvalue weighted by atomic mass is 15.3. The molecule has 2 heterocycles. The van der Waals surface area contributed by atoms with Gasteiger partial charge >= 0.3 is 0 Å². The van der Waals surface area contributed by atoms with Crippen LogP contribution in [-0.2, 0) is 0 Å². The predicted molar refractivity (Wildman–Crippen MR) is 89.2 cm³/mol. The molecule has 1 saturated heterocycles.